The Morgan fingerprint density at radius 1 is 1.00 bits per heavy atom. The molecule has 2 aromatic carbocycles. The highest BCUT2D eigenvalue weighted by atomic mass is 35.5. The number of aromatic nitrogens is 2. The molecule has 0 radical (unpaired) electrons. The molecule has 0 aliphatic heterocycles. The van der Waals surface area contributed by atoms with Crippen LogP contribution in [0.1, 0.15) is 17.1 Å². The molecule has 5 heteroatoms. The first kappa shape index (κ1) is 17.1. The molecule has 0 aliphatic carbocycles. The Balaban J connectivity index is 1.46. The first-order valence-corrected chi connectivity index (χ1v) is 9.90. The van der Waals surface area contributed by atoms with Crippen LogP contribution in [0.15, 0.2) is 66.0 Å². The molecule has 2 aromatic heterocycles. The minimum atomic E-state index is 0.659. The lowest BCUT2D eigenvalue weighted by atomic mass is 10.3. The van der Waals surface area contributed by atoms with Crippen LogP contribution >= 0.6 is 22.9 Å². The number of fused-ring (bicyclic) bond motifs is 1. The lowest BCUT2D eigenvalue weighted by Gasteiger charge is -2.10. The zero-order valence-corrected chi connectivity index (χ0v) is 15.8. The van der Waals surface area contributed by atoms with Crippen molar-refractivity contribution in [2.45, 2.75) is 19.4 Å². The van der Waals surface area contributed by atoms with Crippen LogP contribution in [0.25, 0.3) is 11.0 Å². The summed E-state index contributed by atoms with van der Waals surface area (Å²) in [6.45, 7) is 1.54. The van der Waals surface area contributed by atoms with Gasteiger partial charge in [-0.1, -0.05) is 29.8 Å². The van der Waals surface area contributed by atoms with E-state index < -0.39 is 0 Å². The topological polar surface area (TPSA) is 27.1 Å². The number of ether oxygens (including phenoxy) is 1. The number of hydrogen-bond acceptors (Lipinski definition) is 3. The maximum absolute atomic E-state index is 5.91. The predicted molar refractivity (Wildman–Crippen MR) is 108 cm³/mol. The van der Waals surface area contributed by atoms with E-state index in [-0.39, 0.29) is 0 Å². The summed E-state index contributed by atoms with van der Waals surface area (Å²) in [5.74, 6) is 1.96. The molecular weight excluding hydrogens is 364 g/mol. The zero-order chi connectivity index (χ0) is 17.8. The highest BCUT2D eigenvalue weighted by molar-refractivity contribution is 7.09. The summed E-state index contributed by atoms with van der Waals surface area (Å²) in [6.07, 6.45) is 1.78. The molecule has 0 unspecified atom stereocenters. The van der Waals surface area contributed by atoms with Crippen molar-refractivity contribution in [3.05, 3.63) is 81.8 Å². The molecule has 132 valence electrons. The molecule has 0 atom stereocenters. The number of hydrogen-bond donors (Lipinski definition) is 0. The summed E-state index contributed by atoms with van der Waals surface area (Å²) in [5, 5.41) is 2.84. The number of halogens is 1. The van der Waals surface area contributed by atoms with Crippen LogP contribution in [0.5, 0.6) is 5.75 Å². The molecule has 0 aliphatic rings. The Morgan fingerprint density at radius 2 is 1.85 bits per heavy atom. The van der Waals surface area contributed by atoms with Gasteiger partial charge in [0, 0.05) is 22.9 Å². The number of para-hydroxylation sites is 2. The van der Waals surface area contributed by atoms with Gasteiger partial charge in [0.15, 0.2) is 0 Å². The van der Waals surface area contributed by atoms with Crippen molar-refractivity contribution in [2.24, 2.45) is 0 Å². The molecule has 26 heavy (non-hydrogen) atoms. The maximum Gasteiger partial charge on any atom is 0.119 e. The van der Waals surface area contributed by atoms with Gasteiger partial charge in [0.2, 0.25) is 0 Å². The van der Waals surface area contributed by atoms with Crippen LogP contribution in [0, 0.1) is 0 Å². The van der Waals surface area contributed by atoms with E-state index in [0.717, 1.165) is 41.5 Å². The number of aryl methyl sites for hydroxylation is 1. The van der Waals surface area contributed by atoms with Gasteiger partial charge in [-0.15, -0.1) is 11.3 Å². The van der Waals surface area contributed by atoms with Gasteiger partial charge in [-0.3, -0.25) is 0 Å². The smallest absolute Gasteiger partial charge is 0.119 e. The summed E-state index contributed by atoms with van der Waals surface area (Å²) >= 11 is 7.68. The van der Waals surface area contributed by atoms with Gasteiger partial charge in [0.1, 0.15) is 11.6 Å². The van der Waals surface area contributed by atoms with E-state index in [2.05, 4.69) is 40.3 Å². The Bertz CT molecular complexity index is 977. The standard InChI is InChI=1S/C21H19ClN2OS/c22-16-8-10-17(11-9-16)25-13-4-12-24-20-7-2-1-6-19(20)23-21(24)15-18-5-3-14-26-18/h1-3,5-11,14H,4,12-13,15H2. The Kier molecular flexibility index (Phi) is 5.23. The second kappa shape index (κ2) is 7.94. The van der Waals surface area contributed by atoms with Crippen molar-refractivity contribution in [3.8, 4) is 5.75 Å². The Morgan fingerprint density at radius 3 is 2.65 bits per heavy atom. The van der Waals surface area contributed by atoms with Crippen molar-refractivity contribution in [3.63, 3.8) is 0 Å². The number of thiophene rings is 1. The SMILES string of the molecule is Clc1ccc(OCCCn2c(Cc3cccs3)nc3ccccc32)cc1. The summed E-state index contributed by atoms with van der Waals surface area (Å²) in [7, 11) is 0. The average molecular weight is 383 g/mol. The van der Waals surface area contributed by atoms with E-state index in [1.807, 2.05) is 30.3 Å². The van der Waals surface area contributed by atoms with Gasteiger partial charge < -0.3 is 9.30 Å². The van der Waals surface area contributed by atoms with Crippen LogP contribution in [-0.2, 0) is 13.0 Å². The first-order chi connectivity index (χ1) is 12.8. The van der Waals surface area contributed by atoms with Gasteiger partial charge in [-0.05, 0) is 54.3 Å². The fourth-order valence-corrected chi connectivity index (χ4v) is 3.85. The second-order valence-electron chi connectivity index (χ2n) is 6.08. The Hall–Kier alpha value is -2.30. The molecule has 4 aromatic rings. The lowest BCUT2D eigenvalue weighted by molar-refractivity contribution is 0.302. The van der Waals surface area contributed by atoms with Crippen LogP contribution in [0.3, 0.4) is 0 Å². The van der Waals surface area contributed by atoms with Gasteiger partial charge in [0.25, 0.3) is 0 Å². The van der Waals surface area contributed by atoms with Crippen LogP contribution in [0.2, 0.25) is 5.02 Å². The zero-order valence-electron chi connectivity index (χ0n) is 14.3. The number of benzene rings is 2. The minimum Gasteiger partial charge on any atom is -0.494 e. The monoisotopic (exact) mass is 382 g/mol. The van der Waals surface area contributed by atoms with E-state index in [1.165, 1.54) is 10.4 Å². The second-order valence-corrected chi connectivity index (χ2v) is 7.55. The third-order valence-electron chi connectivity index (χ3n) is 4.25. The summed E-state index contributed by atoms with van der Waals surface area (Å²) in [6, 6.07) is 20.1. The third kappa shape index (κ3) is 3.92. The first-order valence-electron chi connectivity index (χ1n) is 8.64. The fraction of sp³-hybridized carbons (Fsp3) is 0.190. The summed E-state index contributed by atoms with van der Waals surface area (Å²) < 4.78 is 8.15. The van der Waals surface area contributed by atoms with Gasteiger partial charge in [0.05, 0.1) is 17.6 Å². The van der Waals surface area contributed by atoms with Crippen LogP contribution in [-0.4, -0.2) is 16.2 Å². The molecule has 0 fully saturated rings. The van der Waals surface area contributed by atoms with Crippen molar-refractivity contribution < 1.29 is 4.74 Å². The van der Waals surface area contributed by atoms with E-state index in [9.17, 15) is 0 Å². The van der Waals surface area contributed by atoms with Crippen LogP contribution in [0.4, 0.5) is 0 Å². The molecule has 0 saturated heterocycles. The molecule has 2 heterocycles. The predicted octanol–water partition coefficient (Wildman–Crippen LogP) is 5.81. The molecule has 0 spiro atoms. The van der Waals surface area contributed by atoms with Crippen molar-refractivity contribution in [1.82, 2.24) is 9.55 Å². The van der Waals surface area contributed by atoms with Crippen molar-refractivity contribution in [1.29, 1.82) is 0 Å². The van der Waals surface area contributed by atoms with Gasteiger partial charge >= 0.3 is 0 Å². The Labute approximate surface area is 161 Å². The van der Waals surface area contributed by atoms with Crippen molar-refractivity contribution >= 4 is 34.0 Å². The van der Waals surface area contributed by atoms with Crippen molar-refractivity contribution in [2.75, 3.05) is 6.61 Å². The molecule has 0 amide bonds. The molecule has 3 nitrogen and oxygen atoms in total. The number of nitrogens with zero attached hydrogens (tertiary/aromatic N) is 2. The molecule has 0 saturated carbocycles. The molecule has 0 bridgehead atoms. The van der Waals surface area contributed by atoms with E-state index in [4.69, 9.17) is 21.3 Å². The van der Waals surface area contributed by atoms with Gasteiger partial charge in [-0.2, -0.15) is 0 Å². The van der Waals surface area contributed by atoms with Gasteiger partial charge in [-0.25, -0.2) is 4.98 Å². The molecule has 0 N–H and O–H groups in total. The average Bonchev–Trinajstić information content (AvgIpc) is 3.28. The number of imidazole rings is 1. The highest BCUT2D eigenvalue weighted by Crippen LogP contribution is 2.21. The van der Waals surface area contributed by atoms with E-state index in [0.29, 0.717) is 6.61 Å². The fourth-order valence-electron chi connectivity index (χ4n) is 3.02. The lowest BCUT2D eigenvalue weighted by Crippen LogP contribution is -2.08. The number of rotatable bonds is 7. The highest BCUT2D eigenvalue weighted by Gasteiger charge is 2.11. The summed E-state index contributed by atoms with van der Waals surface area (Å²) in [4.78, 5) is 6.18. The molecular formula is C21H19ClN2OS. The van der Waals surface area contributed by atoms with E-state index >= 15 is 0 Å². The largest absolute Gasteiger partial charge is 0.494 e. The third-order valence-corrected chi connectivity index (χ3v) is 5.38. The normalized spacial score (nSPS) is 11.1. The maximum atomic E-state index is 5.91. The van der Waals surface area contributed by atoms with Crippen LogP contribution < -0.4 is 4.74 Å². The summed E-state index contributed by atoms with van der Waals surface area (Å²) in [5.41, 5.74) is 2.24. The van der Waals surface area contributed by atoms with E-state index in [1.54, 1.807) is 11.3 Å². The minimum absolute atomic E-state index is 0.659. The quantitative estimate of drug-likeness (QED) is 0.377. The molecule has 4 rings (SSSR count).